The topological polar surface area (TPSA) is 35.7 Å². The summed E-state index contributed by atoms with van der Waals surface area (Å²) >= 11 is 0. The molecule has 1 saturated heterocycles. The molecule has 1 unspecified atom stereocenters. The molecule has 2 aliphatic rings. The van der Waals surface area contributed by atoms with Gasteiger partial charge in [0.2, 0.25) is 0 Å². The maximum atomic E-state index is 6.37. The minimum atomic E-state index is 0.117. The zero-order chi connectivity index (χ0) is 17.9. The number of likely N-dealkylation sites (tertiary alicyclic amines) is 1. The lowest BCUT2D eigenvalue weighted by atomic mass is 9.74. The largest absolute Gasteiger partial charge is 0.329 e. The van der Waals surface area contributed by atoms with Crippen molar-refractivity contribution in [3.8, 4) is 0 Å². The Hall–Kier alpha value is -0.940. The number of benzene rings is 1. The molecule has 25 heavy (non-hydrogen) atoms. The first-order valence-corrected chi connectivity index (χ1v) is 9.85. The highest BCUT2D eigenvalue weighted by atomic mass is 15.3. The smallest absolute Gasteiger partial charge is 0.0456 e. The summed E-state index contributed by atoms with van der Waals surface area (Å²) in [5, 5.41) is 0. The summed E-state index contributed by atoms with van der Waals surface area (Å²) in [5.74, 6) is 0. The van der Waals surface area contributed by atoms with E-state index in [0.717, 1.165) is 26.2 Å². The first-order chi connectivity index (χ1) is 12.0. The molecule has 4 nitrogen and oxygen atoms in total. The molecule has 1 aliphatic heterocycles. The summed E-state index contributed by atoms with van der Waals surface area (Å²) in [7, 11) is 6.79. The first kappa shape index (κ1) is 18.8. The minimum absolute atomic E-state index is 0.117. The predicted molar refractivity (Wildman–Crippen MR) is 106 cm³/mol. The Kier molecular flexibility index (Phi) is 5.84. The molecule has 140 valence electrons. The van der Waals surface area contributed by atoms with Crippen molar-refractivity contribution in [2.24, 2.45) is 5.73 Å². The Bertz CT molecular complexity index is 540. The van der Waals surface area contributed by atoms with Gasteiger partial charge >= 0.3 is 0 Å². The fraction of sp³-hybridized carbons (Fsp3) is 0.714. The third-order valence-corrected chi connectivity index (χ3v) is 6.84. The zero-order valence-electron chi connectivity index (χ0n) is 16.4. The lowest BCUT2D eigenvalue weighted by Crippen LogP contribution is -2.66. The fourth-order valence-corrected chi connectivity index (χ4v) is 4.76. The van der Waals surface area contributed by atoms with Crippen LogP contribution in [0, 0.1) is 0 Å². The van der Waals surface area contributed by atoms with Crippen molar-refractivity contribution in [2.45, 2.75) is 49.7 Å². The van der Waals surface area contributed by atoms with Crippen molar-refractivity contribution < 1.29 is 0 Å². The molecule has 1 atom stereocenters. The minimum Gasteiger partial charge on any atom is -0.329 e. The average molecular weight is 345 g/mol. The van der Waals surface area contributed by atoms with Crippen LogP contribution in [-0.2, 0) is 6.54 Å². The first-order valence-electron chi connectivity index (χ1n) is 9.85. The van der Waals surface area contributed by atoms with E-state index in [1.54, 1.807) is 0 Å². The van der Waals surface area contributed by atoms with Crippen LogP contribution in [0.3, 0.4) is 0 Å². The van der Waals surface area contributed by atoms with E-state index in [-0.39, 0.29) is 5.54 Å². The number of likely N-dealkylation sites (N-methyl/N-ethyl adjacent to an activating group) is 2. The van der Waals surface area contributed by atoms with Crippen LogP contribution in [0.25, 0.3) is 0 Å². The van der Waals surface area contributed by atoms with Gasteiger partial charge in [-0.25, -0.2) is 0 Å². The van der Waals surface area contributed by atoms with Gasteiger partial charge in [0.1, 0.15) is 0 Å². The van der Waals surface area contributed by atoms with Gasteiger partial charge in [0.25, 0.3) is 0 Å². The second-order valence-electron chi connectivity index (χ2n) is 8.56. The van der Waals surface area contributed by atoms with E-state index in [9.17, 15) is 0 Å². The third-order valence-electron chi connectivity index (χ3n) is 6.84. The summed E-state index contributed by atoms with van der Waals surface area (Å²) < 4.78 is 0. The SMILES string of the molecule is CN(C)C1(CN(C)C2(CN)CCCN(Cc3ccccc3)C2)CCC1. The summed E-state index contributed by atoms with van der Waals surface area (Å²) in [6.07, 6.45) is 6.46. The van der Waals surface area contributed by atoms with Crippen LogP contribution in [0.5, 0.6) is 0 Å². The van der Waals surface area contributed by atoms with E-state index < -0.39 is 0 Å². The van der Waals surface area contributed by atoms with Gasteiger partial charge in [-0.05, 0) is 65.4 Å². The Morgan fingerprint density at radius 1 is 1.00 bits per heavy atom. The second-order valence-corrected chi connectivity index (χ2v) is 8.56. The summed E-state index contributed by atoms with van der Waals surface area (Å²) in [6, 6.07) is 10.8. The molecule has 4 heteroatoms. The lowest BCUT2D eigenvalue weighted by Gasteiger charge is -2.55. The summed E-state index contributed by atoms with van der Waals surface area (Å²) in [6.45, 7) is 5.19. The molecule has 1 saturated carbocycles. The standard InChI is InChI=1S/C21H36N4/c1-23(2)20(11-7-12-20)17-24(3)21(16-22)13-8-14-25(18-21)15-19-9-5-4-6-10-19/h4-6,9-10H,7-8,11-18,22H2,1-3H3. The van der Waals surface area contributed by atoms with E-state index in [0.29, 0.717) is 5.54 Å². The molecule has 1 aromatic rings. The van der Waals surface area contributed by atoms with Crippen LogP contribution in [-0.4, -0.2) is 73.1 Å². The Morgan fingerprint density at radius 2 is 1.68 bits per heavy atom. The lowest BCUT2D eigenvalue weighted by molar-refractivity contribution is -0.0336. The van der Waals surface area contributed by atoms with E-state index in [1.165, 1.54) is 44.2 Å². The quantitative estimate of drug-likeness (QED) is 0.824. The fourth-order valence-electron chi connectivity index (χ4n) is 4.76. The van der Waals surface area contributed by atoms with Crippen molar-refractivity contribution >= 4 is 0 Å². The molecule has 0 amide bonds. The Balaban J connectivity index is 1.68. The zero-order valence-corrected chi connectivity index (χ0v) is 16.4. The van der Waals surface area contributed by atoms with Crippen LogP contribution in [0.15, 0.2) is 30.3 Å². The number of piperidine rings is 1. The number of hydrogen-bond donors (Lipinski definition) is 1. The second kappa shape index (κ2) is 7.75. The molecule has 1 aliphatic carbocycles. The predicted octanol–water partition coefficient (Wildman–Crippen LogP) is 2.40. The van der Waals surface area contributed by atoms with E-state index in [4.69, 9.17) is 5.73 Å². The highest BCUT2D eigenvalue weighted by Crippen LogP contribution is 2.39. The van der Waals surface area contributed by atoms with Gasteiger partial charge in [-0.2, -0.15) is 0 Å². The number of rotatable bonds is 7. The van der Waals surface area contributed by atoms with E-state index in [2.05, 4.69) is 66.2 Å². The van der Waals surface area contributed by atoms with Crippen molar-refractivity contribution in [1.29, 1.82) is 0 Å². The number of nitrogens with two attached hydrogens (primary N) is 1. The van der Waals surface area contributed by atoms with E-state index >= 15 is 0 Å². The van der Waals surface area contributed by atoms with Crippen molar-refractivity contribution in [2.75, 3.05) is 47.3 Å². The van der Waals surface area contributed by atoms with Gasteiger partial charge in [-0.15, -0.1) is 0 Å². The third kappa shape index (κ3) is 3.92. The van der Waals surface area contributed by atoms with E-state index in [1.807, 2.05) is 0 Å². The van der Waals surface area contributed by atoms with Crippen molar-refractivity contribution in [3.05, 3.63) is 35.9 Å². The molecular weight excluding hydrogens is 308 g/mol. The highest BCUT2D eigenvalue weighted by Gasteiger charge is 2.45. The number of nitrogens with zero attached hydrogens (tertiary/aromatic N) is 3. The van der Waals surface area contributed by atoms with Gasteiger partial charge in [0.15, 0.2) is 0 Å². The summed E-state index contributed by atoms with van der Waals surface area (Å²) in [5.41, 5.74) is 8.25. The molecule has 3 rings (SSSR count). The number of hydrogen-bond acceptors (Lipinski definition) is 4. The van der Waals surface area contributed by atoms with Gasteiger partial charge in [0, 0.05) is 37.3 Å². The molecule has 0 spiro atoms. The molecule has 1 aromatic carbocycles. The Morgan fingerprint density at radius 3 is 2.24 bits per heavy atom. The van der Waals surface area contributed by atoms with Gasteiger partial charge in [0.05, 0.1) is 0 Å². The normalized spacial score (nSPS) is 26.8. The maximum absolute atomic E-state index is 6.37. The van der Waals surface area contributed by atoms with Crippen LogP contribution >= 0.6 is 0 Å². The van der Waals surface area contributed by atoms with Crippen LogP contribution in [0.2, 0.25) is 0 Å². The molecule has 2 N–H and O–H groups in total. The van der Waals surface area contributed by atoms with Crippen molar-refractivity contribution in [1.82, 2.24) is 14.7 Å². The van der Waals surface area contributed by atoms with Gasteiger partial charge < -0.3 is 10.6 Å². The molecule has 2 fully saturated rings. The van der Waals surface area contributed by atoms with Gasteiger partial charge in [-0.1, -0.05) is 30.3 Å². The van der Waals surface area contributed by atoms with Gasteiger partial charge in [-0.3, -0.25) is 9.80 Å². The molecule has 0 bridgehead atoms. The molecule has 0 radical (unpaired) electrons. The maximum Gasteiger partial charge on any atom is 0.0456 e. The Labute approximate surface area is 154 Å². The summed E-state index contributed by atoms with van der Waals surface area (Å²) in [4.78, 5) is 7.65. The molecule has 0 aromatic heterocycles. The average Bonchev–Trinajstić information content (AvgIpc) is 2.58. The van der Waals surface area contributed by atoms with Crippen LogP contribution in [0.1, 0.15) is 37.7 Å². The highest BCUT2D eigenvalue weighted by molar-refractivity contribution is 5.15. The van der Waals surface area contributed by atoms with Crippen molar-refractivity contribution in [3.63, 3.8) is 0 Å². The van der Waals surface area contributed by atoms with Crippen LogP contribution < -0.4 is 5.73 Å². The monoisotopic (exact) mass is 344 g/mol. The molecule has 1 heterocycles. The molecular formula is C21H36N4. The van der Waals surface area contributed by atoms with Crippen LogP contribution in [0.4, 0.5) is 0 Å².